The van der Waals surface area contributed by atoms with E-state index in [-0.39, 0.29) is 6.54 Å². The molecule has 2 aromatic rings. The number of hydrogen-bond acceptors (Lipinski definition) is 3. The molecule has 0 aliphatic heterocycles. The van der Waals surface area contributed by atoms with E-state index >= 15 is 0 Å². The molecule has 0 radical (unpaired) electrons. The second-order valence-electron chi connectivity index (χ2n) is 4.71. The summed E-state index contributed by atoms with van der Waals surface area (Å²) in [6, 6.07) is 14.1. The van der Waals surface area contributed by atoms with E-state index in [1.54, 1.807) is 24.3 Å². The number of imide groups is 1. The van der Waals surface area contributed by atoms with Crippen LogP contribution in [0.4, 0.5) is 16.2 Å². The van der Waals surface area contributed by atoms with Crippen molar-refractivity contribution in [2.75, 3.05) is 17.2 Å². The van der Waals surface area contributed by atoms with Gasteiger partial charge in [0.15, 0.2) is 0 Å². The summed E-state index contributed by atoms with van der Waals surface area (Å²) in [4.78, 5) is 23.4. The van der Waals surface area contributed by atoms with Gasteiger partial charge in [-0.2, -0.15) is 0 Å². The Morgan fingerprint density at radius 1 is 1.09 bits per heavy atom. The van der Waals surface area contributed by atoms with Gasteiger partial charge in [-0.25, -0.2) is 4.79 Å². The fourth-order valence-corrected chi connectivity index (χ4v) is 2.43. The smallest absolute Gasteiger partial charge is 0.325 e. The average Bonchev–Trinajstić information content (AvgIpc) is 2.47. The van der Waals surface area contributed by atoms with Crippen LogP contribution >= 0.6 is 15.9 Å². The summed E-state index contributed by atoms with van der Waals surface area (Å²) in [7, 11) is 0. The van der Waals surface area contributed by atoms with Gasteiger partial charge in [0.2, 0.25) is 5.91 Å². The molecule has 5 nitrogen and oxygen atoms in total. The van der Waals surface area contributed by atoms with E-state index in [0.29, 0.717) is 5.69 Å². The molecule has 6 heteroatoms. The largest absolute Gasteiger partial charge is 0.375 e. The van der Waals surface area contributed by atoms with E-state index in [2.05, 4.69) is 31.9 Å². The van der Waals surface area contributed by atoms with Crippen LogP contribution in [0.15, 0.2) is 53.0 Å². The number of carbonyl (C=O) groups excluding carboxylic acids is 2. The third-order valence-corrected chi connectivity index (χ3v) is 3.50. The third-order valence-electron chi connectivity index (χ3n) is 2.85. The van der Waals surface area contributed by atoms with E-state index in [4.69, 9.17) is 0 Å². The first-order valence-corrected chi connectivity index (χ1v) is 7.50. The lowest BCUT2D eigenvalue weighted by Gasteiger charge is -2.10. The number of anilines is 2. The van der Waals surface area contributed by atoms with Gasteiger partial charge in [0.1, 0.15) is 0 Å². The molecule has 2 aromatic carbocycles. The molecule has 0 saturated carbocycles. The van der Waals surface area contributed by atoms with Crippen LogP contribution in [0.1, 0.15) is 5.56 Å². The second kappa shape index (κ2) is 7.61. The van der Waals surface area contributed by atoms with Crippen molar-refractivity contribution in [3.63, 3.8) is 0 Å². The first-order chi connectivity index (χ1) is 10.5. The van der Waals surface area contributed by atoms with Crippen LogP contribution in [0, 0.1) is 6.92 Å². The summed E-state index contributed by atoms with van der Waals surface area (Å²) in [5.74, 6) is -0.416. The molecule has 3 N–H and O–H groups in total. The van der Waals surface area contributed by atoms with Gasteiger partial charge in [0.25, 0.3) is 0 Å². The van der Waals surface area contributed by atoms with Crippen molar-refractivity contribution in [3.8, 4) is 0 Å². The van der Waals surface area contributed by atoms with Crippen LogP contribution in [0.5, 0.6) is 0 Å². The molecule has 0 atom stereocenters. The molecule has 3 amide bonds. The minimum atomic E-state index is -0.555. The number of aryl methyl sites for hydroxylation is 1. The molecule has 0 saturated heterocycles. The number of urea groups is 1. The minimum Gasteiger partial charge on any atom is -0.375 e. The first kappa shape index (κ1) is 16.0. The van der Waals surface area contributed by atoms with Crippen LogP contribution in [0.25, 0.3) is 0 Å². The van der Waals surface area contributed by atoms with Gasteiger partial charge in [-0.1, -0.05) is 24.3 Å². The maximum absolute atomic E-state index is 11.7. The van der Waals surface area contributed by atoms with Crippen molar-refractivity contribution in [1.29, 1.82) is 0 Å². The molecule has 22 heavy (non-hydrogen) atoms. The molecular formula is C16H16BrN3O2. The third kappa shape index (κ3) is 4.89. The van der Waals surface area contributed by atoms with Gasteiger partial charge in [0.05, 0.1) is 6.54 Å². The van der Waals surface area contributed by atoms with Gasteiger partial charge in [-0.15, -0.1) is 0 Å². The lowest BCUT2D eigenvalue weighted by Crippen LogP contribution is -2.37. The zero-order valence-corrected chi connectivity index (χ0v) is 13.6. The summed E-state index contributed by atoms with van der Waals surface area (Å²) in [6.07, 6.45) is 0. The highest BCUT2D eigenvalue weighted by molar-refractivity contribution is 9.10. The Kier molecular flexibility index (Phi) is 5.55. The zero-order valence-electron chi connectivity index (χ0n) is 12.0. The molecule has 0 aliphatic carbocycles. The number of rotatable bonds is 4. The summed E-state index contributed by atoms with van der Waals surface area (Å²) in [6.45, 7) is 1.99. The predicted molar refractivity (Wildman–Crippen MR) is 91.0 cm³/mol. The van der Waals surface area contributed by atoms with Crippen molar-refractivity contribution >= 4 is 39.2 Å². The SMILES string of the molecule is Cc1ccc(NCC(=O)NC(=O)Nc2ccccc2)c(Br)c1. The van der Waals surface area contributed by atoms with Crippen molar-refractivity contribution in [2.45, 2.75) is 6.92 Å². The summed E-state index contributed by atoms with van der Waals surface area (Å²) in [5, 5.41) is 7.81. The molecule has 0 aromatic heterocycles. The minimum absolute atomic E-state index is 0.00384. The monoisotopic (exact) mass is 361 g/mol. The van der Waals surface area contributed by atoms with E-state index in [1.165, 1.54) is 0 Å². The van der Waals surface area contributed by atoms with Crippen LogP contribution in [0.2, 0.25) is 0 Å². The van der Waals surface area contributed by atoms with E-state index < -0.39 is 11.9 Å². The Balaban J connectivity index is 1.81. The molecule has 114 valence electrons. The highest BCUT2D eigenvalue weighted by Gasteiger charge is 2.08. The van der Waals surface area contributed by atoms with Gasteiger partial charge >= 0.3 is 6.03 Å². The Hall–Kier alpha value is -2.34. The maximum Gasteiger partial charge on any atom is 0.325 e. The number of hydrogen-bond donors (Lipinski definition) is 3. The first-order valence-electron chi connectivity index (χ1n) is 6.70. The average molecular weight is 362 g/mol. The van der Waals surface area contributed by atoms with Gasteiger partial charge in [-0.3, -0.25) is 10.1 Å². The van der Waals surface area contributed by atoms with Crippen LogP contribution in [0.3, 0.4) is 0 Å². The topological polar surface area (TPSA) is 70.2 Å². The van der Waals surface area contributed by atoms with E-state index in [1.807, 2.05) is 31.2 Å². The zero-order chi connectivity index (χ0) is 15.9. The second-order valence-corrected chi connectivity index (χ2v) is 5.56. The standard InChI is InChI=1S/C16H16BrN3O2/c1-11-7-8-14(13(17)9-11)18-10-15(21)20-16(22)19-12-5-3-2-4-6-12/h2-9,18H,10H2,1H3,(H2,19,20,21,22). The van der Waals surface area contributed by atoms with Crippen LogP contribution in [-0.2, 0) is 4.79 Å². The normalized spacial score (nSPS) is 9.91. The van der Waals surface area contributed by atoms with E-state index in [0.717, 1.165) is 15.7 Å². The number of amides is 3. The quantitative estimate of drug-likeness (QED) is 0.780. The van der Waals surface area contributed by atoms with Gasteiger partial charge in [0, 0.05) is 15.8 Å². The summed E-state index contributed by atoms with van der Waals surface area (Å²) >= 11 is 3.42. The molecule has 0 bridgehead atoms. The highest BCUT2D eigenvalue weighted by Crippen LogP contribution is 2.22. The number of benzene rings is 2. The van der Waals surface area contributed by atoms with Gasteiger partial charge in [-0.05, 0) is 52.7 Å². The lowest BCUT2D eigenvalue weighted by atomic mass is 10.2. The van der Waals surface area contributed by atoms with Crippen molar-refractivity contribution < 1.29 is 9.59 Å². The maximum atomic E-state index is 11.7. The molecule has 0 unspecified atom stereocenters. The van der Waals surface area contributed by atoms with Crippen molar-refractivity contribution in [2.24, 2.45) is 0 Å². The fraction of sp³-hybridized carbons (Fsp3) is 0.125. The fourth-order valence-electron chi connectivity index (χ4n) is 1.79. The molecular weight excluding hydrogens is 346 g/mol. The highest BCUT2D eigenvalue weighted by atomic mass is 79.9. The Bertz CT molecular complexity index is 674. The van der Waals surface area contributed by atoms with Crippen molar-refractivity contribution in [1.82, 2.24) is 5.32 Å². The Morgan fingerprint density at radius 2 is 1.82 bits per heavy atom. The predicted octanol–water partition coefficient (Wildman–Crippen LogP) is 3.52. The lowest BCUT2D eigenvalue weighted by molar-refractivity contribution is -0.118. The number of halogens is 1. The Morgan fingerprint density at radius 3 is 2.50 bits per heavy atom. The number of nitrogens with one attached hydrogen (secondary N) is 3. The molecule has 0 aliphatic rings. The van der Waals surface area contributed by atoms with Crippen LogP contribution < -0.4 is 16.0 Å². The molecule has 0 heterocycles. The Labute approximate surface area is 137 Å². The number of para-hydroxylation sites is 1. The van der Waals surface area contributed by atoms with E-state index in [9.17, 15) is 9.59 Å². The van der Waals surface area contributed by atoms with Crippen molar-refractivity contribution in [3.05, 3.63) is 58.6 Å². The van der Waals surface area contributed by atoms with Gasteiger partial charge < -0.3 is 10.6 Å². The summed E-state index contributed by atoms with van der Waals surface area (Å²) in [5.41, 5.74) is 2.54. The van der Waals surface area contributed by atoms with Crippen LogP contribution in [-0.4, -0.2) is 18.5 Å². The molecule has 0 spiro atoms. The number of carbonyl (C=O) groups is 2. The summed E-state index contributed by atoms with van der Waals surface area (Å²) < 4.78 is 0.869. The molecule has 2 rings (SSSR count). The molecule has 0 fully saturated rings.